The molecule has 0 amide bonds. The van der Waals surface area contributed by atoms with Gasteiger partial charge in [0.2, 0.25) is 0 Å². The van der Waals surface area contributed by atoms with Crippen molar-refractivity contribution in [3.8, 4) is 11.1 Å². The first-order valence-corrected chi connectivity index (χ1v) is 9.89. The van der Waals surface area contributed by atoms with E-state index in [0.717, 1.165) is 24.2 Å². The van der Waals surface area contributed by atoms with Crippen LogP contribution in [0, 0.1) is 16.2 Å². The summed E-state index contributed by atoms with van der Waals surface area (Å²) in [5, 5.41) is 11.8. The summed E-state index contributed by atoms with van der Waals surface area (Å²) >= 11 is 0. The molecule has 148 valence electrons. The van der Waals surface area contributed by atoms with Crippen LogP contribution in [0.3, 0.4) is 0 Å². The molecular formula is C23H25N5O. The third-order valence-corrected chi connectivity index (χ3v) is 6.34. The maximum absolute atomic E-state index is 14.2. The molecule has 6 heteroatoms. The highest BCUT2D eigenvalue weighted by Crippen LogP contribution is 2.53. The molecule has 0 spiro atoms. The van der Waals surface area contributed by atoms with Crippen molar-refractivity contribution in [1.82, 2.24) is 15.3 Å². The fraction of sp³-hybridized carbons (Fsp3) is 0.304. The van der Waals surface area contributed by atoms with E-state index in [1.54, 1.807) is 12.4 Å². The smallest absolute Gasteiger partial charge is 0.171 e. The fourth-order valence-corrected chi connectivity index (χ4v) is 4.79. The van der Waals surface area contributed by atoms with Gasteiger partial charge < -0.3 is 11.1 Å². The Morgan fingerprint density at radius 2 is 1.83 bits per heavy atom. The number of amidine groups is 1. The lowest BCUT2D eigenvalue weighted by Gasteiger charge is -2.50. The van der Waals surface area contributed by atoms with Gasteiger partial charge >= 0.3 is 0 Å². The molecular weight excluding hydrogens is 362 g/mol. The fourth-order valence-electron chi connectivity index (χ4n) is 4.79. The number of nitrogens with one attached hydrogen (secondary N) is 2. The van der Waals surface area contributed by atoms with Crippen LogP contribution in [0.4, 0.5) is 0 Å². The maximum atomic E-state index is 14.2. The van der Waals surface area contributed by atoms with Crippen LogP contribution in [0.2, 0.25) is 0 Å². The van der Waals surface area contributed by atoms with E-state index in [1.165, 1.54) is 6.33 Å². The molecule has 4 rings (SSSR count). The number of carbonyl (C=O) groups excluding carboxylic acids is 1. The summed E-state index contributed by atoms with van der Waals surface area (Å²) in [6.07, 6.45) is 14.6. The third kappa shape index (κ3) is 3.09. The molecule has 29 heavy (non-hydrogen) atoms. The van der Waals surface area contributed by atoms with E-state index in [2.05, 4.69) is 15.3 Å². The van der Waals surface area contributed by atoms with Crippen LogP contribution >= 0.6 is 0 Å². The second-order valence-electron chi connectivity index (χ2n) is 7.71. The van der Waals surface area contributed by atoms with Gasteiger partial charge in [-0.2, -0.15) is 0 Å². The van der Waals surface area contributed by atoms with Gasteiger partial charge in [0.25, 0.3) is 0 Å². The molecule has 6 nitrogen and oxygen atoms in total. The Morgan fingerprint density at radius 1 is 1.10 bits per heavy atom. The van der Waals surface area contributed by atoms with E-state index in [9.17, 15) is 4.79 Å². The minimum atomic E-state index is -0.818. The van der Waals surface area contributed by atoms with Crippen LogP contribution in [0.5, 0.6) is 0 Å². The van der Waals surface area contributed by atoms with Crippen LogP contribution in [-0.2, 0) is 0 Å². The van der Waals surface area contributed by atoms with Gasteiger partial charge in [0, 0.05) is 23.5 Å². The van der Waals surface area contributed by atoms with Crippen molar-refractivity contribution in [1.29, 1.82) is 5.41 Å². The molecule has 1 unspecified atom stereocenters. The maximum Gasteiger partial charge on any atom is 0.171 e. The zero-order chi connectivity index (χ0) is 20.3. The van der Waals surface area contributed by atoms with Gasteiger partial charge in [-0.05, 0) is 37.9 Å². The van der Waals surface area contributed by atoms with Crippen LogP contribution in [0.1, 0.15) is 29.6 Å². The van der Waals surface area contributed by atoms with E-state index in [1.807, 2.05) is 48.6 Å². The number of hydrogen-bond acceptors (Lipinski definition) is 5. The number of hydrogen-bond donors (Lipinski definition) is 3. The van der Waals surface area contributed by atoms with Crippen molar-refractivity contribution in [2.45, 2.75) is 19.3 Å². The van der Waals surface area contributed by atoms with Gasteiger partial charge in [0.05, 0.1) is 10.8 Å². The van der Waals surface area contributed by atoms with Crippen molar-refractivity contribution in [3.63, 3.8) is 0 Å². The number of benzene rings is 1. The van der Waals surface area contributed by atoms with Gasteiger partial charge in [-0.1, -0.05) is 48.6 Å². The highest BCUT2D eigenvalue weighted by Gasteiger charge is 2.57. The minimum absolute atomic E-state index is 0.0357. The summed E-state index contributed by atoms with van der Waals surface area (Å²) in [7, 11) is 0. The minimum Gasteiger partial charge on any atom is -0.387 e. The van der Waals surface area contributed by atoms with Crippen molar-refractivity contribution in [3.05, 3.63) is 72.9 Å². The van der Waals surface area contributed by atoms with Gasteiger partial charge in [-0.25, -0.2) is 9.97 Å². The van der Waals surface area contributed by atoms with Crippen LogP contribution in [0.15, 0.2) is 67.3 Å². The lowest BCUT2D eigenvalue weighted by molar-refractivity contribution is 0.0517. The molecule has 1 fully saturated rings. The standard InChI is InChI=1S/C23H25N5O/c24-21(25)23(8-4-1-5-9-23)22(10-12-26-13-11-22)20(29)19-7-3-2-6-18(19)17-14-27-16-28-15-17/h1-8,14-16,26H,9-13H2,(H3,24,25). The van der Waals surface area contributed by atoms with Crippen molar-refractivity contribution in [2.24, 2.45) is 16.6 Å². The number of ketones is 1. The van der Waals surface area contributed by atoms with Gasteiger partial charge in [-0.15, -0.1) is 0 Å². The molecule has 0 saturated carbocycles. The summed E-state index contributed by atoms with van der Waals surface area (Å²) < 4.78 is 0. The summed E-state index contributed by atoms with van der Waals surface area (Å²) in [6, 6.07) is 7.59. The molecule has 2 aromatic rings. The van der Waals surface area contributed by atoms with Crippen molar-refractivity contribution < 1.29 is 4.79 Å². The second kappa shape index (κ2) is 7.72. The molecule has 1 aromatic carbocycles. The Bertz CT molecular complexity index is 976. The predicted octanol–water partition coefficient (Wildman–Crippen LogP) is 3.13. The zero-order valence-corrected chi connectivity index (χ0v) is 16.3. The van der Waals surface area contributed by atoms with E-state index in [0.29, 0.717) is 24.8 Å². The Labute approximate surface area is 170 Å². The lowest BCUT2D eigenvalue weighted by atomic mass is 9.53. The van der Waals surface area contributed by atoms with E-state index < -0.39 is 10.8 Å². The Morgan fingerprint density at radius 3 is 2.48 bits per heavy atom. The summed E-state index contributed by atoms with van der Waals surface area (Å²) in [5.41, 5.74) is 6.83. The van der Waals surface area contributed by atoms with Gasteiger partial charge in [0.1, 0.15) is 12.2 Å². The molecule has 1 aliphatic heterocycles. The normalized spacial score (nSPS) is 22.9. The first-order chi connectivity index (χ1) is 14.1. The Kier molecular flexibility index (Phi) is 5.11. The second-order valence-corrected chi connectivity index (χ2v) is 7.71. The molecule has 2 heterocycles. The Hall–Kier alpha value is -3.12. The first kappa shape index (κ1) is 19.2. The molecule has 2 aliphatic rings. The molecule has 0 bridgehead atoms. The highest BCUT2D eigenvalue weighted by molar-refractivity contribution is 6.09. The molecule has 1 aromatic heterocycles. The monoisotopic (exact) mass is 387 g/mol. The number of Topliss-reactive ketones (excluding diaryl/α,β-unsaturated/α-hetero) is 1. The molecule has 4 N–H and O–H groups in total. The van der Waals surface area contributed by atoms with Gasteiger partial charge in [-0.3, -0.25) is 10.2 Å². The van der Waals surface area contributed by atoms with Gasteiger partial charge in [0.15, 0.2) is 5.78 Å². The number of carbonyl (C=O) groups is 1. The van der Waals surface area contributed by atoms with Crippen LogP contribution in [-0.4, -0.2) is 34.7 Å². The number of nitrogens with zero attached hydrogens (tertiary/aromatic N) is 2. The summed E-state index contributed by atoms with van der Waals surface area (Å²) in [4.78, 5) is 22.5. The number of nitrogens with two attached hydrogens (primary N) is 1. The first-order valence-electron chi connectivity index (χ1n) is 9.89. The quantitative estimate of drug-likeness (QED) is 0.415. The van der Waals surface area contributed by atoms with E-state index >= 15 is 0 Å². The lowest BCUT2D eigenvalue weighted by Crippen LogP contribution is -2.58. The average Bonchev–Trinajstić information content (AvgIpc) is 2.80. The van der Waals surface area contributed by atoms with Crippen LogP contribution in [0.25, 0.3) is 11.1 Å². The predicted molar refractivity (Wildman–Crippen MR) is 114 cm³/mol. The number of rotatable bonds is 5. The zero-order valence-electron chi connectivity index (χ0n) is 16.3. The number of aromatic nitrogens is 2. The van der Waals surface area contributed by atoms with E-state index in [4.69, 9.17) is 11.1 Å². The number of piperidine rings is 1. The van der Waals surface area contributed by atoms with Crippen LogP contribution < -0.4 is 11.1 Å². The largest absolute Gasteiger partial charge is 0.387 e. The molecule has 1 aliphatic carbocycles. The third-order valence-electron chi connectivity index (χ3n) is 6.34. The highest BCUT2D eigenvalue weighted by atomic mass is 16.1. The summed E-state index contributed by atoms with van der Waals surface area (Å²) in [6.45, 7) is 1.43. The SMILES string of the molecule is N=C(N)C1(C2(C(=O)c3ccccc3-c3cncnc3)CCNCC2)C=CC=CC1. The average molecular weight is 387 g/mol. The number of allylic oxidation sites excluding steroid dienone is 3. The molecule has 0 radical (unpaired) electrons. The Balaban J connectivity index is 1.88. The van der Waals surface area contributed by atoms with Crippen molar-refractivity contribution in [2.75, 3.05) is 13.1 Å². The summed E-state index contributed by atoms with van der Waals surface area (Å²) in [5.74, 6) is 0.0856. The molecule has 1 saturated heterocycles. The topological polar surface area (TPSA) is 105 Å². The van der Waals surface area contributed by atoms with E-state index in [-0.39, 0.29) is 11.6 Å². The van der Waals surface area contributed by atoms with Crippen molar-refractivity contribution >= 4 is 11.6 Å². The molecule has 1 atom stereocenters.